The minimum absolute atomic E-state index is 0.199. The molecule has 6 nitrogen and oxygen atoms in total. The van der Waals surface area contributed by atoms with Gasteiger partial charge in [-0.1, -0.05) is 13.8 Å². The van der Waals surface area contributed by atoms with Crippen molar-refractivity contribution in [1.29, 1.82) is 0 Å². The van der Waals surface area contributed by atoms with Crippen LogP contribution >= 0.6 is 0 Å². The molecule has 6 heteroatoms. The van der Waals surface area contributed by atoms with Gasteiger partial charge >= 0.3 is 0 Å². The minimum atomic E-state index is -1.11. The summed E-state index contributed by atoms with van der Waals surface area (Å²) in [5.74, 6) is 0. The minimum Gasteiger partial charge on any atom is -0.387 e. The van der Waals surface area contributed by atoms with Crippen LogP contribution in [0.4, 0.5) is 0 Å². The van der Waals surface area contributed by atoms with Crippen LogP contribution in [0, 0.1) is 0 Å². The summed E-state index contributed by atoms with van der Waals surface area (Å²) in [5.41, 5.74) is 0. The fourth-order valence-electron chi connectivity index (χ4n) is 2.09. The van der Waals surface area contributed by atoms with Gasteiger partial charge < -0.3 is 29.2 Å². The van der Waals surface area contributed by atoms with Gasteiger partial charge in [0.05, 0.1) is 6.61 Å². The zero-order chi connectivity index (χ0) is 14.3. The van der Waals surface area contributed by atoms with Gasteiger partial charge in [-0.05, 0) is 12.8 Å². The molecule has 1 aliphatic heterocycles. The van der Waals surface area contributed by atoms with Crippen molar-refractivity contribution in [1.82, 2.24) is 0 Å². The normalized spacial score (nSPS) is 35.5. The van der Waals surface area contributed by atoms with Crippen molar-refractivity contribution in [2.24, 2.45) is 0 Å². The lowest BCUT2D eigenvalue weighted by Crippen LogP contribution is -2.60. The quantitative estimate of drug-likeness (QED) is 0.665. The zero-order valence-electron chi connectivity index (χ0n) is 11.9. The van der Waals surface area contributed by atoms with Gasteiger partial charge in [-0.15, -0.1) is 0 Å². The molecule has 1 saturated heterocycles. The van der Waals surface area contributed by atoms with Gasteiger partial charge in [0, 0.05) is 20.3 Å². The standard InChI is InChI=1S/C13H26O6/c1-4-6-17-11-10(14)9(8-16-3)19-13(15)12(11)18-7-5-2/h9-15H,4-8H2,1-3H3/t9-,10-,11+,12-,13?/m1/s1. The number of aliphatic hydroxyl groups excluding tert-OH is 2. The van der Waals surface area contributed by atoms with Gasteiger partial charge in [-0.3, -0.25) is 0 Å². The number of ether oxygens (including phenoxy) is 4. The molecule has 0 bridgehead atoms. The monoisotopic (exact) mass is 278 g/mol. The van der Waals surface area contributed by atoms with Gasteiger partial charge in [0.2, 0.25) is 0 Å². The highest BCUT2D eigenvalue weighted by Crippen LogP contribution is 2.25. The molecule has 1 aliphatic rings. The predicted molar refractivity (Wildman–Crippen MR) is 68.8 cm³/mol. The van der Waals surface area contributed by atoms with Crippen LogP contribution in [0.3, 0.4) is 0 Å². The van der Waals surface area contributed by atoms with E-state index in [2.05, 4.69) is 0 Å². The second-order valence-corrected chi connectivity index (χ2v) is 4.68. The summed E-state index contributed by atoms with van der Waals surface area (Å²) in [6, 6.07) is 0. The fraction of sp³-hybridized carbons (Fsp3) is 1.00. The van der Waals surface area contributed by atoms with Crippen LogP contribution in [0.15, 0.2) is 0 Å². The molecule has 0 amide bonds. The first kappa shape index (κ1) is 16.8. The van der Waals surface area contributed by atoms with Gasteiger partial charge in [-0.25, -0.2) is 0 Å². The largest absolute Gasteiger partial charge is 0.387 e. The Labute approximate surface area is 114 Å². The van der Waals surface area contributed by atoms with Crippen LogP contribution < -0.4 is 0 Å². The Morgan fingerprint density at radius 1 is 1.00 bits per heavy atom. The van der Waals surface area contributed by atoms with Crippen LogP contribution in [0.5, 0.6) is 0 Å². The smallest absolute Gasteiger partial charge is 0.184 e. The molecule has 1 rings (SSSR count). The van der Waals surface area contributed by atoms with Crippen molar-refractivity contribution in [3.63, 3.8) is 0 Å². The molecule has 114 valence electrons. The molecule has 2 N–H and O–H groups in total. The molecule has 0 aromatic heterocycles. The molecular weight excluding hydrogens is 252 g/mol. The Hall–Kier alpha value is -0.240. The number of hydrogen-bond donors (Lipinski definition) is 2. The average molecular weight is 278 g/mol. The van der Waals surface area contributed by atoms with E-state index in [-0.39, 0.29) is 6.61 Å². The molecule has 0 aromatic carbocycles. The first-order valence-corrected chi connectivity index (χ1v) is 6.89. The molecular formula is C13H26O6. The molecule has 0 radical (unpaired) electrons. The Bertz CT molecular complexity index is 237. The molecule has 0 spiro atoms. The highest BCUT2D eigenvalue weighted by Gasteiger charge is 2.46. The second-order valence-electron chi connectivity index (χ2n) is 4.68. The highest BCUT2D eigenvalue weighted by molar-refractivity contribution is 4.91. The predicted octanol–water partition coefficient (Wildman–Crippen LogP) is 0.301. The summed E-state index contributed by atoms with van der Waals surface area (Å²) in [6.45, 7) is 5.14. The lowest BCUT2D eigenvalue weighted by molar-refractivity contribution is -0.304. The summed E-state index contributed by atoms with van der Waals surface area (Å²) in [5, 5.41) is 20.2. The lowest BCUT2D eigenvalue weighted by atomic mass is 9.98. The van der Waals surface area contributed by atoms with E-state index in [9.17, 15) is 10.2 Å². The van der Waals surface area contributed by atoms with E-state index in [1.807, 2.05) is 13.8 Å². The third-order valence-electron chi connectivity index (χ3n) is 3.00. The lowest BCUT2D eigenvalue weighted by Gasteiger charge is -2.42. The van der Waals surface area contributed by atoms with Gasteiger partial charge in [0.1, 0.15) is 24.4 Å². The Kier molecular flexibility index (Phi) is 7.82. The van der Waals surface area contributed by atoms with Crippen LogP contribution in [0.25, 0.3) is 0 Å². The summed E-state index contributed by atoms with van der Waals surface area (Å²) >= 11 is 0. The number of aliphatic hydroxyl groups is 2. The van der Waals surface area contributed by atoms with Crippen molar-refractivity contribution in [3.05, 3.63) is 0 Å². The van der Waals surface area contributed by atoms with Crippen LogP contribution in [-0.2, 0) is 18.9 Å². The molecule has 0 saturated carbocycles. The van der Waals surface area contributed by atoms with Crippen LogP contribution in [-0.4, -0.2) is 67.8 Å². The van der Waals surface area contributed by atoms with E-state index in [1.54, 1.807) is 0 Å². The molecule has 0 aliphatic carbocycles. The first-order chi connectivity index (χ1) is 9.15. The SMILES string of the molecule is CCCO[C@H]1[C@H](O)[C@@H](COC)OC(O)[C@@H]1OCCC. The highest BCUT2D eigenvalue weighted by atomic mass is 16.7. The van der Waals surface area contributed by atoms with Crippen LogP contribution in [0.1, 0.15) is 26.7 Å². The fourth-order valence-corrected chi connectivity index (χ4v) is 2.09. The molecule has 5 atom stereocenters. The van der Waals surface area contributed by atoms with Gasteiger partial charge in [0.15, 0.2) is 6.29 Å². The number of rotatable bonds is 8. The maximum Gasteiger partial charge on any atom is 0.184 e. The Balaban J connectivity index is 2.70. The summed E-state index contributed by atoms with van der Waals surface area (Å²) in [6.07, 6.45) is -2.22. The van der Waals surface area contributed by atoms with Gasteiger partial charge in [-0.2, -0.15) is 0 Å². The van der Waals surface area contributed by atoms with Crippen LogP contribution in [0.2, 0.25) is 0 Å². The van der Waals surface area contributed by atoms with E-state index in [0.29, 0.717) is 13.2 Å². The summed E-state index contributed by atoms with van der Waals surface area (Å²) in [7, 11) is 1.52. The average Bonchev–Trinajstić information content (AvgIpc) is 2.40. The van der Waals surface area contributed by atoms with E-state index in [0.717, 1.165) is 12.8 Å². The van der Waals surface area contributed by atoms with Crippen molar-refractivity contribution >= 4 is 0 Å². The maximum atomic E-state index is 10.3. The molecule has 1 heterocycles. The van der Waals surface area contributed by atoms with E-state index in [4.69, 9.17) is 18.9 Å². The maximum absolute atomic E-state index is 10.3. The third-order valence-corrected chi connectivity index (χ3v) is 3.00. The summed E-state index contributed by atoms with van der Waals surface area (Å²) in [4.78, 5) is 0. The van der Waals surface area contributed by atoms with E-state index >= 15 is 0 Å². The first-order valence-electron chi connectivity index (χ1n) is 6.89. The zero-order valence-corrected chi connectivity index (χ0v) is 11.9. The van der Waals surface area contributed by atoms with Crippen molar-refractivity contribution < 1.29 is 29.2 Å². The molecule has 1 unspecified atom stereocenters. The summed E-state index contributed by atoms with van der Waals surface area (Å²) < 4.78 is 21.5. The third kappa shape index (κ3) is 4.66. The second kappa shape index (κ2) is 8.84. The Morgan fingerprint density at radius 3 is 2.11 bits per heavy atom. The van der Waals surface area contributed by atoms with Crippen molar-refractivity contribution in [2.75, 3.05) is 26.9 Å². The number of methoxy groups -OCH3 is 1. The van der Waals surface area contributed by atoms with Crippen molar-refractivity contribution in [3.8, 4) is 0 Å². The molecule has 0 aromatic rings. The Morgan fingerprint density at radius 2 is 1.58 bits per heavy atom. The van der Waals surface area contributed by atoms with Gasteiger partial charge in [0.25, 0.3) is 0 Å². The van der Waals surface area contributed by atoms with E-state index < -0.39 is 30.7 Å². The number of hydrogen-bond acceptors (Lipinski definition) is 6. The molecule has 1 fully saturated rings. The topological polar surface area (TPSA) is 77.4 Å². The van der Waals surface area contributed by atoms with E-state index in [1.165, 1.54) is 7.11 Å². The van der Waals surface area contributed by atoms with Crippen molar-refractivity contribution in [2.45, 2.75) is 57.4 Å². The molecule has 19 heavy (non-hydrogen) atoms.